The van der Waals surface area contributed by atoms with Crippen molar-refractivity contribution in [2.75, 3.05) is 11.9 Å². The Morgan fingerprint density at radius 3 is 2.59 bits per heavy atom. The Morgan fingerprint density at radius 2 is 1.88 bits per heavy atom. The van der Waals surface area contributed by atoms with E-state index in [0.29, 0.717) is 34.6 Å². The summed E-state index contributed by atoms with van der Waals surface area (Å²) in [6.45, 7) is 2.04. The van der Waals surface area contributed by atoms with Gasteiger partial charge in [-0.05, 0) is 49.4 Å². The molecule has 1 amide bonds. The molecule has 1 aliphatic rings. The van der Waals surface area contributed by atoms with E-state index in [-0.39, 0.29) is 12.5 Å². The maximum atomic E-state index is 12.5. The number of ether oxygens (including phenoxy) is 3. The van der Waals surface area contributed by atoms with E-state index in [4.69, 9.17) is 14.2 Å². The maximum absolute atomic E-state index is 12.5. The molecule has 32 heavy (non-hydrogen) atoms. The van der Waals surface area contributed by atoms with E-state index < -0.39 is 6.10 Å². The van der Waals surface area contributed by atoms with Gasteiger partial charge in [0.15, 0.2) is 17.3 Å². The molecule has 0 saturated heterocycles. The largest absolute Gasteiger partial charge is 0.485 e. The number of nitrogens with one attached hydrogen (secondary N) is 1. The highest BCUT2D eigenvalue weighted by Gasteiger charge is 2.27. The molecule has 1 atom stereocenters. The number of carbonyl (C=O) groups excluding carboxylic acids is 1. The standard InChI is InChI=1S/C23H19N5O4/c1-15-24-12-13-28(15)21-10-11-22(27-26-21)31-17-8-6-16(7-9-17)25-23(29)20-14-30-18-4-2-3-5-19(18)32-20/h2-13,20H,14H2,1H3,(H,25,29). The topological polar surface area (TPSA) is 100 Å². The zero-order valence-electron chi connectivity index (χ0n) is 17.1. The normalized spacial score (nSPS) is 14.6. The minimum atomic E-state index is -0.728. The number of hydrogen-bond donors (Lipinski definition) is 1. The Labute approximate surface area is 183 Å². The summed E-state index contributed by atoms with van der Waals surface area (Å²) in [7, 11) is 0. The number of anilines is 1. The van der Waals surface area contributed by atoms with Crippen molar-refractivity contribution in [2.24, 2.45) is 0 Å². The summed E-state index contributed by atoms with van der Waals surface area (Å²) in [6.07, 6.45) is 2.79. The molecule has 1 aliphatic heterocycles. The third-order valence-corrected chi connectivity index (χ3v) is 4.84. The number of amides is 1. The van der Waals surface area contributed by atoms with Crippen molar-refractivity contribution in [3.8, 4) is 28.9 Å². The highest BCUT2D eigenvalue weighted by molar-refractivity contribution is 5.94. The molecular weight excluding hydrogens is 410 g/mol. The van der Waals surface area contributed by atoms with Crippen LogP contribution in [0, 0.1) is 6.92 Å². The maximum Gasteiger partial charge on any atom is 0.269 e. The number of hydrogen-bond acceptors (Lipinski definition) is 7. The monoisotopic (exact) mass is 429 g/mol. The molecule has 9 heteroatoms. The fourth-order valence-electron chi connectivity index (χ4n) is 3.21. The quantitative estimate of drug-likeness (QED) is 0.518. The summed E-state index contributed by atoms with van der Waals surface area (Å²) in [4.78, 5) is 16.7. The summed E-state index contributed by atoms with van der Waals surface area (Å²) >= 11 is 0. The van der Waals surface area contributed by atoms with Crippen molar-refractivity contribution in [1.82, 2.24) is 19.7 Å². The van der Waals surface area contributed by atoms with E-state index in [1.807, 2.05) is 29.8 Å². The molecule has 160 valence electrons. The summed E-state index contributed by atoms with van der Waals surface area (Å²) in [6, 6.07) is 17.7. The van der Waals surface area contributed by atoms with Crippen LogP contribution in [0.5, 0.6) is 23.1 Å². The van der Waals surface area contributed by atoms with Crippen LogP contribution in [0.4, 0.5) is 5.69 Å². The minimum absolute atomic E-state index is 0.150. The molecule has 9 nitrogen and oxygen atoms in total. The molecule has 3 heterocycles. The first-order chi connectivity index (χ1) is 15.7. The summed E-state index contributed by atoms with van der Waals surface area (Å²) in [5.41, 5.74) is 0.613. The second-order valence-electron chi connectivity index (χ2n) is 7.05. The molecule has 4 aromatic rings. The molecule has 1 N–H and O–H groups in total. The first kappa shape index (κ1) is 19.6. The lowest BCUT2D eigenvalue weighted by molar-refractivity contribution is -0.125. The number of benzene rings is 2. The van der Waals surface area contributed by atoms with Crippen LogP contribution in [0.2, 0.25) is 0 Å². The molecule has 0 radical (unpaired) electrons. The van der Waals surface area contributed by atoms with E-state index in [2.05, 4.69) is 20.5 Å². The van der Waals surface area contributed by atoms with Gasteiger partial charge < -0.3 is 19.5 Å². The average molecular weight is 429 g/mol. The average Bonchev–Trinajstić information content (AvgIpc) is 3.26. The van der Waals surface area contributed by atoms with Gasteiger partial charge in [0.25, 0.3) is 5.91 Å². The van der Waals surface area contributed by atoms with Gasteiger partial charge in [0.1, 0.15) is 18.2 Å². The van der Waals surface area contributed by atoms with Gasteiger partial charge in [-0.3, -0.25) is 9.36 Å². The van der Waals surface area contributed by atoms with Gasteiger partial charge in [0, 0.05) is 24.1 Å². The minimum Gasteiger partial charge on any atom is -0.485 e. The van der Waals surface area contributed by atoms with Crippen LogP contribution in [-0.2, 0) is 4.79 Å². The number of carbonyl (C=O) groups is 1. The van der Waals surface area contributed by atoms with Gasteiger partial charge in [-0.15, -0.1) is 10.2 Å². The predicted octanol–water partition coefficient (Wildman–Crippen LogP) is 3.54. The zero-order chi connectivity index (χ0) is 21.9. The summed E-state index contributed by atoms with van der Waals surface area (Å²) < 4.78 is 18.9. The van der Waals surface area contributed by atoms with Crippen molar-refractivity contribution in [2.45, 2.75) is 13.0 Å². The van der Waals surface area contributed by atoms with Crippen LogP contribution < -0.4 is 19.5 Å². The van der Waals surface area contributed by atoms with Crippen LogP contribution in [0.1, 0.15) is 5.82 Å². The Hall–Kier alpha value is -4.40. The van der Waals surface area contributed by atoms with Crippen LogP contribution >= 0.6 is 0 Å². The Balaban J connectivity index is 1.19. The van der Waals surface area contributed by atoms with Crippen LogP contribution in [0.25, 0.3) is 5.82 Å². The number of fused-ring (bicyclic) bond motifs is 1. The zero-order valence-corrected chi connectivity index (χ0v) is 17.1. The van der Waals surface area contributed by atoms with Crippen LogP contribution in [-0.4, -0.2) is 38.4 Å². The molecule has 2 aromatic heterocycles. The second kappa shape index (κ2) is 8.38. The lowest BCUT2D eigenvalue weighted by atomic mass is 10.2. The second-order valence-corrected chi connectivity index (χ2v) is 7.05. The van der Waals surface area contributed by atoms with E-state index >= 15 is 0 Å². The SMILES string of the molecule is Cc1nccn1-c1ccc(Oc2ccc(NC(=O)C3COc4ccccc4O3)cc2)nn1. The Bertz CT molecular complexity index is 1240. The van der Waals surface area contributed by atoms with Gasteiger partial charge in [-0.1, -0.05) is 12.1 Å². The highest BCUT2D eigenvalue weighted by atomic mass is 16.6. The third kappa shape index (κ3) is 4.08. The third-order valence-electron chi connectivity index (χ3n) is 4.84. The van der Waals surface area contributed by atoms with E-state index in [9.17, 15) is 4.79 Å². The number of para-hydroxylation sites is 2. The van der Waals surface area contributed by atoms with Crippen molar-refractivity contribution in [3.05, 3.63) is 78.9 Å². The van der Waals surface area contributed by atoms with Gasteiger partial charge in [0.2, 0.25) is 12.0 Å². The number of aryl methyl sites for hydroxylation is 1. The predicted molar refractivity (Wildman–Crippen MR) is 115 cm³/mol. The molecular formula is C23H19N5O4. The van der Waals surface area contributed by atoms with Gasteiger partial charge in [-0.2, -0.15) is 0 Å². The Kier molecular flexibility index (Phi) is 5.12. The van der Waals surface area contributed by atoms with Crippen molar-refractivity contribution < 1.29 is 19.0 Å². The molecule has 0 saturated carbocycles. The van der Waals surface area contributed by atoms with E-state index in [1.54, 1.807) is 54.7 Å². The van der Waals surface area contributed by atoms with Gasteiger partial charge in [0.05, 0.1) is 0 Å². The van der Waals surface area contributed by atoms with E-state index in [0.717, 1.165) is 5.82 Å². The van der Waals surface area contributed by atoms with Gasteiger partial charge >= 0.3 is 0 Å². The van der Waals surface area contributed by atoms with Gasteiger partial charge in [-0.25, -0.2) is 4.98 Å². The molecule has 5 rings (SSSR count). The number of aromatic nitrogens is 4. The van der Waals surface area contributed by atoms with Crippen LogP contribution in [0.3, 0.4) is 0 Å². The molecule has 0 spiro atoms. The summed E-state index contributed by atoms with van der Waals surface area (Å²) in [5.74, 6) is 3.29. The first-order valence-electron chi connectivity index (χ1n) is 9.97. The van der Waals surface area contributed by atoms with Crippen molar-refractivity contribution in [1.29, 1.82) is 0 Å². The van der Waals surface area contributed by atoms with Crippen molar-refractivity contribution in [3.63, 3.8) is 0 Å². The summed E-state index contributed by atoms with van der Waals surface area (Å²) in [5, 5.41) is 11.1. The van der Waals surface area contributed by atoms with Crippen molar-refractivity contribution >= 4 is 11.6 Å². The van der Waals surface area contributed by atoms with E-state index in [1.165, 1.54) is 0 Å². The fraction of sp³-hybridized carbons (Fsp3) is 0.130. The smallest absolute Gasteiger partial charge is 0.269 e. The number of imidazole rings is 1. The fourth-order valence-corrected chi connectivity index (χ4v) is 3.21. The highest BCUT2D eigenvalue weighted by Crippen LogP contribution is 2.31. The molecule has 0 bridgehead atoms. The lowest BCUT2D eigenvalue weighted by Gasteiger charge is -2.25. The Morgan fingerprint density at radius 1 is 1.06 bits per heavy atom. The lowest BCUT2D eigenvalue weighted by Crippen LogP contribution is -2.40. The first-order valence-corrected chi connectivity index (χ1v) is 9.97. The number of rotatable bonds is 5. The molecule has 2 aromatic carbocycles. The molecule has 0 fully saturated rings. The number of nitrogens with zero attached hydrogens (tertiary/aromatic N) is 4. The molecule has 1 unspecified atom stereocenters. The van der Waals surface area contributed by atoms with Crippen LogP contribution in [0.15, 0.2) is 73.1 Å². The molecule has 0 aliphatic carbocycles.